The van der Waals surface area contributed by atoms with Crippen LogP contribution in [0.2, 0.25) is 0 Å². The topological polar surface area (TPSA) is 59.9 Å². The van der Waals surface area contributed by atoms with Crippen LogP contribution in [0.1, 0.15) is 23.6 Å². The molecule has 1 amide bonds. The highest BCUT2D eigenvalue weighted by atomic mass is 16.5. The highest BCUT2D eigenvalue weighted by Crippen LogP contribution is 2.18. The van der Waals surface area contributed by atoms with Crippen LogP contribution in [-0.2, 0) is 4.79 Å². The normalized spacial score (nSPS) is 11.1. The van der Waals surface area contributed by atoms with Gasteiger partial charge in [0.1, 0.15) is 11.5 Å². The van der Waals surface area contributed by atoms with Gasteiger partial charge >= 0.3 is 0 Å². The molecule has 2 aromatic carbocycles. The van der Waals surface area contributed by atoms with E-state index in [0.717, 1.165) is 22.4 Å². The Kier molecular flexibility index (Phi) is 5.95. The number of amides is 1. The van der Waals surface area contributed by atoms with Crippen molar-refractivity contribution in [2.75, 3.05) is 13.7 Å². The van der Waals surface area contributed by atoms with E-state index in [2.05, 4.69) is 10.5 Å². The van der Waals surface area contributed by atoms with E-state index in [1.165, 1.54) is 0 Å². The van der Waals surface area contributed by atoms with Gasteiger partial charge in [0.25, 0.3) is 5.91 Å². The maximum Gasteiger partial charge on any atom is 0.277 e. The van der Waals surface area contributed by atoms with Gasteiger partial charge in [-0.3, -0.25) is 4.79 Å². The molecule has 0 fully saturated rings. The van der Waals surface area contributed by atoms with Gasteiger partial charge in [0.15, 0.2) is 6.61 Å². The first-order valence-electron chi connectivity index (χ1n) is 7.67. The fourth-order valence-electron chi connectivity index (χ4n) is 2.08. The highest BCUT2D eigenvalue weighted by molar-refractivity contribution is 5.99. The predicted molar refractivity (Wildman–Crippen MR) is 94.8 cm³/mol. The molecule has 0 saturated heterocycles. The van der Waals surface area contributed by atoms with E-state index in [1.54, 1.807) is 7.11 Å². The van der Waals surface area contributed by atoms with Crippen LogP contribution in [0.25, 0.3) is 0 Å². The molecule has 0 heterocycles. The Morgan fingerprint density at radius 3 is 2.50 bits per heavy atom. The number of carbonyl (C=O) groups excluding carboxylic acids is 1. The SMILES string of the molecule is COc1ccc(/C(C)=N\NC(=O)COc2cc(C)ccc2C)cc1. The first-order valence-corrected chi connectivity index (χ1v) is 7.67. The number of ether oxygens (including phenoxy) is 2. The number of aryl methyl sites for hydroxylation is 2. The number of methoxy groups -OCH3 is 1. The molecule has 24 heavy (non-hydrogen) atoms. The molecule has 2 aromatic rings. The van der Waals surface area contributed by atoms with E-state index < -0.39 is 0 Å². The van der Waals surface area contributed by atoms with Gasteiger partial charge in [0, 0.05) is 0 Å². The molecule has 0 aliphatic heterocycles. The van der Waals surface area contributed by atoms with Gasteiger partial charge in [0.2, 0.25) is 0 Å². The third-order valence-corrected chi connectivity index (χ3v) is 3.56. The fourth-order valence-corrected chi connectivity index (χ4v) is 2.08. The largest absolute Gasteiger partial charge is 0.497 e. The summed E-state index contributed by atoms with van der Waals surface area (Å²) in [6.07, 6.45) is 0. The molecular formula is C19H22N2O3. The summed E-state index contributed by atoms with van der Waals surface area (Å²) in [4.78, 5) is 11.9. The molecule has 5 nitrogen and oxygen atoms in total. The number of rotatable bonds is 6. The van der Waals surface area contributed by atoms with Gasteiger partial charge < -0.3 is 9.47 Å². The molecule has 1 N–H and O–H groups in total. The fraction of sp³-hybridized carbons (Fsp3) is 0.263. The number of benzene rings is 2. The standard InChI is InChI=1S/C19H22N2O3/c1-13-5-6-14(2)18(11-13)24-12-19(22)21-20-15(3)16-7-9-17(23-4)10-8-16/h5-11H,12H2,1-4H3,(H,21,22)/b20-15-. The van der Waals surface area contributed by atoms with Crippen molar-refractivity contribution in [2.24, 2.45) is 5.10 Å². The van der Waals surface area contributed by atoms with E-state index in [9.17, 15) is 4.79 Å². The van der Waals surface area contributed by atoms with Crippen molar-refractivity contribution in [3.63, 3.8) is 0 Å². The Hall–Kier alpha value is -2.82. The lowest BCUT2D eigenvalue weighted by Gasteiger charge is -2.09. The van der Waals surface area contributed by atoms with E-state index in [1.807, 2.05) is 63.2 Å². The minimum absolute atomic E-state index is 0.0797. The number of nitrogens with one attached hydrogen (secondary N) is 1. The first-order chi connectivity index (χ1) is 11.5. The molecule has 0 unspecified atom stereocenters. The van der Waals surface area contributed by atoms with Gasteiger partial charge in [0.05, 0.1) is 12.8 Å². The van der Waals surface area contributed by atoms with Gasteiger partial charge in [-0.1, -0.05) is 12.1 Å². The Balaban J connectivity index is 1.90. The summed E-state index contributed by atoms with van der Waals surface area (Å²) in [6.45, 7) is 5.67. The number of nitrogens with zero attached hydrogens (tertiary/aromatic N) is 1. The van der Waals surface area contributed by atoms with E-state index in [-0.39, 0.29) is 12.5 Å². The molecule has 0 radical (unpaired) electrons. The van der Waals surface area contributed by atoms with Gasteiger partial charge in [-0.2, -0.15) is 5.10 Å². The average molecular weight is 326 g/mol. The Bertz CT molecular complexity index is 737. The molecule has 5 heteroatoms. The average Bonchev–Trinajstić information content (AvgIpc) is 2.60. The van der Waals surface area contributed by atoms with Crippen molar-refractivity contribution in [3.05, 3.63) is 59.2 Å². The number of hydrogen-bond donors (Lipinski definition) is 1. The molecular weight excluding hydrogens is 304 g/mol. The maximum absolute atomic E-state index is 11.9. The third-order valence-electron chi connectivity index (χ3n) is 3.56. The summed E-state index contributed by atoms with van der Waals surface area (Å²) in [5.74, 6) is 1.18. The lowest BCUT2D eigenvalue weighted by Crippen LogP contribution is -2.25. The van der Waals surface area contributed by atoms with Crippen LogP contribution < -0.4 is 14.9 Å². The summed E-state index contributed by atoms with van der Waals surface area (Å²) < 4.78 is 10.7. The molecule has 0 spiro atoms. The van der Waals surface area contributed by atoms with Crippen LogP contribution in [0.15, 0.2) is 47.6 Å². The number of hydrogen-bond acceptors (Lipinski definition) is 4. The van der Waals surface area contributed by atoms with Crippen LogP contribution in [0.5, 0.6) is 11.5 Å². The Labute approximate surface area is 142 Å². The van der Waals surface area contributed by atoms with Gasteiger partial charge in [-0.25, -0.2) is 5.43 Å². The summed E-state index contributed by atoms with van der Waals surface area (Å²) in [6, 6.07) is 13.3. The molecule has 0 aliphatic carbocycles. The molecule has 2 rings (SSSR count). The monoisotopic (exact) mass is 326 g/mol. The predicted octanol–water partition coefficient (Wildman–Crippen LogP) is 3.23. The van der Waals surface area contributed by atoms with Crippen LogP contribution in [0.3, 0.4) is 0 Å². The van der Waals surface area contributed by atoms with E-state index >= 15 is 0 Å². The zero-order chi connectivity index (χ0) is 17.5. The highest BCUT2D eigenvalue weighted by Gasteiger charge is 2.05. The lowest BCUT2D eigenvalue weighted by atomic mass is 10.1. The molecule has 0 atom stereocenters. The van der Waals surface area contributed by atoms with Crippen LogP contribution in [0, 0.1) is 13.8 Å². The number of hydrazone groups is 1. The van der Waals surface area contributed by atoms with Crippen molar-refractivity contribution < 1.29 is 14.3 Å². The number of carbonyl (C=O) groups is 1. The smallest absolute Gasteiger partial charge is 0.277 e. The van der Waals surface area contributed by atoms with Crippen LogP contribution in [0.4, 0.5) is 0 Å². The second-order valence-corrected chi connectivity index (χ2v) is 5.52. The maximum atomic E-state index is 11.9. The minimum Gasteiger partial charge on any atom is -0.497 e. The minimum atomic E-state index is -0.302. The lowest BCUT2D eigenvalue weighted by molar-refractivity contribution is -0.123. The zero-order valence-electron chi connectivity index (χ0n) is 14.4. The van der Waals surface area contributed by atoms with E-state index in [4.69, 9.17) is 9.47 Å². The zero-order valence-corrected chi connectivity index (χ0v) is 14.4. The van der Waals surface area contributed by atoms with Crippen LogP contribution >= 0.6 is 0 Å². The summed E-state index contributed by atoms with van der Waals surface area (Å²) in [5, 5.41) is 4.10. The van der Waals surface area contributed by atoms with Crippen molar-refractivity contribution in [3.8, 4) is 11.5 Å². The summed E-state index contributed by atoms with van der Waals surface area (Å²) in [5.41, 5.74) is 6.20. The second-order valence-electron chi connectivity index (χ2n) is 5.52. The third kappa shape index (κ3) is 4.84. The molecule has 126 valence electrons. The summed E-state index contributed by atoms with van der Waals surface area (Å²) in [7, 11) is 1.62. The Morgan fingerprint density at radius 2 is 1.83 bits per heavy atom. The van der Waals surface area contributed by atoms with Crippen molar-refractivity contribution in [2.45, 2.75) is 20.8 Å². The van der Waals surface area contributed by atoms with Gasteiger partial charge in [-0.15, -0.1) is 0 Å². The van der Waals surface area contributed by atoms with Crippen molar-refractivity contribution in [1.29, 1.82) is 0 Å². The first kappa shape index (κ1) is 17.5. The van der Waals surface area contributed by atoms with Crippen LogP contribution in [-0.4, -0.2) is 25.3 Å². The molecule has 0 bridgehead atoms. The summed E-state index contributed by atoms with van der Waals surface area (Å²) >= 11 is 0. The second kappa shape index (κ2) is 8.15. The molecule has 0 aromatic heterocycles. The van der Waals surface area contributed by atoms with Crippen molar-refractivity contribution in [1.82, 2.24) is 5.43 Å². The van der Waals surface area contributed by atoms with Crippen molar-refractivity contribution >= 4 is 11.6 Å². The van der Waals surface area contributed by atoms with Gasteiger partial charge in [-0.05, 0) is 67.8 Å². The van der Waals surface area contributed by atoms with E-state index in [0.29, 0.717) is 11.5 Å². The molecule has 0 saturated carbocycles. The quantitative estimate of drug-likeness (QED) is 0.655. The molecule has 0 aliphatic rings. The Morgan fingerprint density at radius 1 is 1.12 bits per heavy atom.